The summed E-state index contributed by atoms with van der Waals surface area (Å²) in [5, 5.41) is 21.3. The Morgan fingerprint density at radius 3 is 2.42 bits per heavy atom. The van der Waals surface area contributed by atoms with Crippen LogP contribution in [-0.2, 0) is 9.59 Å². The van der Waals surface area contributed by atoms with Crippen LogP contribution in [0.5, 0.6) is 5.75 Å². The Kier molecular flexibility index (Phi) is 4.71. The molecular formula is C18H10Cl2NO5-. The summed E-state index contributed by atoms with van der Waals surface area (Å²) in [4.78, 5) is 36.7. The zero-order valence-electron chi connectivity index (χ0n) is 13.0. The summed E-state index contributed by atoms with van der Waals surface area (Å²) in [6, 6.07) is 8.98. The number of carboxylic acids is 1. The van der Waals surface area contributed by atoms with Gasteiger partial charge in [0.15, 0.2) is 0 Å². The number of hydrogen-bond donors (Lipinski definition) is 1. The van der Waals surface area contributed by atoms with E-state index in [1.807, 2.05) is 0 Å². The lowest BCUT2D eigenvalue weighted by molar-refractivity contribution is -0.305. The van der Waals surface area contributed by atoms with Gasteiger partial charge in [0.1, 0.15) is 5.75 Å². The van der Waals surface area contributed by atoms with Crippen molar-refractivity contribution < 1.29 is 24.6 Å². The predicted octanol–water partition coefficient (Wildman–Crippen LogP) is 1.97. The molecule has 0 aliphatic carbocycles. The molecule has 3 rings (SSSR count). The molecule has 26 heavy (non-hydrogen) atoms. The second-order valence-corrected chi connectivity index (χ2v) is 6.34. The van der Waals surface area contributed by atoms with Crippen LogP contribution in [0.3, 0.4) is 0 Å². The van der Waals surface area contributed by atoms with E-state index in [1.165, 1.54) is 24.3 Å². The van der Waals surface area contributed by atoms with Crippen molar-refractivity contribution >= 4 is 52.6 Å². The average Bonchev–Trinajstić information content (AvgIpc) is 2.59. The highest BCUT2D eigenvalue weighted by Gasteiger charge is 2.34. The first-order valence-electron chi connectivity index (χ1n) is 7.34. The highest BCUT2D eigenvalue weighted by atomic mass is 35.5. The third kappa shape index (κ3) is 3.16. The van der Waals surface area contributed by atoms with E-state index >= 15 is 0 Å². The van der Waals surface area contributed by atoms with Gasteiger partial charge < -0.3 is 15.0 Å². The van der Waals surface area contributed by atoms with Crippen LogP contribution in [0.2, 0.25) is 10.0 Å². The number of imide groups is 1. The first kappa shape index (κ1) is 18.0. The van der Waals surface area contributed by atoms with Crippen molar-refractivity contribution in [1.82, 2.24) is 4.90 Å². The van der Waals surface area contributed by atoms with Gasteiger partial charge in [-0.15, -0.1) is 0 Å². The molecule has 6 nitrogen and oxygen atoms in total. The topological polar surface area (TPSA) is 97.7 Å². The highest BCUT2D eigenvalue weighted by Crippen LogP contribution is 2.36. The maximum atomic E-state index is 12.7. The van der Waals surface area contributed by atoms with E-state index in [2.05, 4.69) is 0 Å². The summed E-state index contributed by atoms with van der Waals surface area (Å²) >= 11 is 11.8. The molecule has 132 valence electrons. The zero-order chi connectivity index (χ0) is 19.0. The molecule has 0 saturated heterocycles. The lowest BCUT2D eigenvalue weighted by Gasteiger charge is -2.29. The molecule has 0 saturated carbocycles. The lowest BCUT2D eigenvalue weighted by atomic mass is 9.92. The summed E-state index contributed by atoms with van der Waals surface area (Å²) in [5.74, 6) is -3.43. The van der Waals surface area contributed by atoms with E-state index in [9.17, 15) is 24.6 Å². The molecular weight excluding hydrogens is 381 g/mol. The van der Waals surface area contributed by atoms with Crippen molar-refractivity contribution in [2.75, 3.05) is 6.54 Å². The van der Waals surface area contributed by atoms with Gasteiger partial charge in [-0.3, -0.25) is 14.5 Å². The number of amides is 2. The zero-order valence-corrected chi connectivity index (χ0v) is 14.5. The van der Waals surface area contributed by atoms with Gasteiger partial charge >= 0.3 is 0 Å². The molecule has 0 aromatic heterocycles. The number of phenols is 1. The number of nitrogens with zero attached hydrogens (tertiary/aromatic N) is 1. The maximum absolute atomic E-state index is 12.7. The number of rotatable bonds is 3. The van der Waals surface area contributed by atoms with Gasteiger partial charge in [0.2, 0.25) is 0 Å². The van der Waals surface area contributed by atoms with Gasteiger partial charge in [0.25, 0.3) is 11.8 Å². The second kappa shape index (κ2) is 6.82. The first-order valence-corrected chi connectivity index (χ1v) is 8.10. The van der Waals surface area contributed by atoms with Crippen LogP contribution in [0, 0.1) is 0 Å². The van der Waals surface area contributed by atoms with Gasteiger partial charge in [-0.05, 0) is 29.8 Å². The molecule has 0 unspecified atom stereocenters. The summed E-state index contributed by atoms with van der Waals surface area (Å²) in [6.45, 7) is -0.883. The molecule has 2 aromatic rings. The monoisotopic (exact) mass is 390 g/mol. The molecule has 1 aliphatic heterocycles. The Hall–Kier alpha value is -2.83. The molecule has 1 aliphatic rings. The number of halogens is 2. The predicted molar refractivity (Wildman–Crippen MR) is 93.5 cm³/mol. The first-order chi connectivity index (χ1) is 12.3. The average molecular weight is 391 g/mol. The Bertz CT molecular complexity index is 984. The number of phenolic OH excluding ortho intramolecular Hbond substituents is 1. The quantitative estimate of drug-likeness (QED) is 0.638. The standard InChI is InChI=1S/C18H11Cl2NO5/c19-10-5-9(16(24)14(20)7-10)6-13-11-3-1-2-4-12(11)17(25)21(18(13)26)8-15(22)23/h1-7,24H,8H2,(H,22,23)/p-1/b13-6-. The molecule has 0 bridgehead atoms. The smallest absolute Gasteiger partial charge is 0.261 e. The van der Waals surface area contributed by atoms with Crippen LogP contribution < -0.4 is 5.11 Å². The summed E-state index contributed by atoms with van der Waals surface area (Å²) in [6.07, 6.45) is 1.31. The minimum atomic E-state index is -1.57. The van der Waals surface area contributed by atoms with Crippen molar-refractivity contribution in [2.24, 2.45) is 0 Å². The minimum Gasteiger partial charge on any atom is -0.548 e. The van der Waals surface area contributed by atoms with E-state index < -0.39 is 24.3 Å². The van der Waals surface area contributed by atoms with E-state index in [4.69, 9.17) is 23.2 Å². The molecule has 1 heterocycles. The molecule has 0 radical (unpaired) electrons. The Morgan fingerprint density at radius 1 is 1.12 bits per heavy atom. The summed E-state index contributed by atoms with van der Waals surface area (Å²) in [7, 11) is 0. The number of aliphatic carboxylic acids is 1. The third-order valence-electron chi connectivity index (χ3n) is 3.81. The normalized spacial score (nSPS) is 15.3. The second-order valence-electron chi connectivity index (χ2n) is 5.50. The van der Waals surface area contributed by atoms with Gasteiger partial charge in [-0.2, -0.15) is 0 Å². The van der Waals surface area contributed by atoms with Crippen molar-refractivity contribution in [1.29, 1.82) is 0 Å². The van der Waals surface area contributed by atoms with Gasteiger partial charge in [-0.25, -0.2) is 0 Å². The largest absolute Gasteiger partial charge is 0.548 e. The number of hydrogen-bond acceptors (Lipinski definition) is 5. The van der Waals surface area contributed by atoms with E-state index in [1.54, 1.807) is 18.2 Å². The third-order valence-corrected chi connectivity index (χ3v) is 4.32. The summed E-state index contributed by atoms with van der Waals surface area (Å²) < 4.78 is 0. The Labute approximate surface area is 157 Å². The molecule has 8 heteroatoms. The van der Waals surface area contributed by atoms with Crippen molar-refractivity contribution in [3.05, 3.63) is 63.1 Å². The van der Waals surface area contributed by atoms with E-state index in [0.717, 1.165) is 0 Å². The van der Waals surface area contributed by atoms with Gasteiger partial charge in [-0.1, -0.05) is 41.4 Å². The SMILES string of the molecule is O=C([O-])CN1C(=O)/C(=C\c2cc(Cl)cc(Cl)c2O)c2ccccc2C1=O. The fourth-order valence-corrected chi connectivity index (χ4v) is 3.18. The summed E-state index contributed by atoms with van der Waals surface area (Å²) in [5.41, 5.74) is 0.651. The van der Waals surface area contributed by atoms with E-state index in [0.29, 0.717) is 10.5 Å². The molecule has 0 fully saturated rings. The van der Waals surface area contributed by atoms with Crippen molar-refractivity contribution in [3.8, 4) is 5.75 Å². The van der Waals surface area contributed by atoms with Crippen LogP contribution in [-0.4, -0.2) is 34.3 Å². The van der Waals surface area contributed by atoms with E-state index in [-0.39, 0.29) is 32.5 Å². The minimum absolute atomic E-state index is 0.0106. The van der Waals surface area contributed by atoms with Crippen LogP contribution in [0.15, 0.2) is 36.4 Å². The lowest BCUT2D eigenvalue weighted by Crippen LogP contribution is -2.47. The van der Waals surface area contributed by atoms with Crippen LogP contribution in [0.4, 0.5) is 0 Å². The molecule has 0 atom stereocenters. The fourth-order valence-electron chi connectivity index (χ4n) is 2.67. The van der Waals surface area contributed by atoms with Gasteiger partial charge in [0.05, 0.1) is 17.5 Å². The highest BCUT2D eigenvalue weighted by molar-refractivity contribution is 6.37. The maximum Gasteiger partial charge on any atom is 0.261 e. The molecule has 2 aromatic carbocycles. The number of aromatic hydroxyl groups is 1. The number of carbonyl (C=O) groups is 3. The fraction of sp³-hybridized carbons (Fsp3) is 0.0556. The van der Waals surface area contributed by atoms with Crippen molar-refractivity contribution in [3.63, 3.8) is 0 Å². The molecule has 1 N–H and O–H groups in total. The molecule has 2 amide bonds. The van der Waals surface area contributed by atoms with Crippen LogP contribution in [0.25, 0.3) is 11.6 Å². The number of carbonyl (C=O) groups excluding carboxylic acids is 3. The van der Waals surface area contributed by atoms with Crippen LogP contribution >= 0.6 is 23.2 Å². The molecule has 0 spiro atoms. The number of benzene rings is 2. The van der Waals surface area contributed by atoms with Gasteiger partial charge in [0, 0.05) is 21.7 Å². The number of fused-ring (bicyclic) bond motifs is 1. The van der Waals surface area contributed by atoms with Crippen molar-refractivity contribution in [2.45, 2.75) is 0 Å². The van der Waals surface area contributed by atoms with Crippen LogP contribution in [0.1, 0.15) is 21.5 Å². The number of carboxylic acid groups (broad SMARTS) is 1. The Morgan fingerprint density at radius 2 is 1.77 bits per heavy atom. The Balaban J connectivity index is 2.22.